The van der Waals surface area contributed by atoms with Gasteiger partial charge in [-0.05, 0) is 36.8 Å². The third kappa shape index (κ3) is 3.53. The molecule has 3 rings (SSSR count). The van der Waals surface area contributed by atoms with E-state index >= 15 is 0 Å². The molecule has 1 aliphatic rings. The largest absolute Gasteiger partial charge is 0.454 e. The number of fused-ring (bicyclic) bond motifs is 1. The normalized spacial score (nSPS) is 13.2. The number of nitro groups is 1. The number of hydrogen-bond donors (Lipinski definition) is 1. The van der Waals surface area contributed by atoms with Crippen molar-refractivity contribution < 1.29 is 27.6 Å². The minimum Gasteiger partial charge on any atom is -0.454 e. The molecule has 0 saturated carbocycles. The van der Waals surface area contributed by atoms with E-state index in [0.29, 0.717) is 23.1 Å². The van der Waals surface area contributed by atoms with E-state index in [1.165, 1.54) is 6.21 Å². The fourth-order valence-corrected chi connectivity index (χ4v) is 2.32. The van der Waals surface area contributed by atoms with Crippen LogP contribution in [0.25, 0.3) is 0 Å². The van der Waals surface area contributed by atoms with Gasteiger partial charge in [0.05, 0.1) is 16.7 Å². The minimum atomic E-state index is -4.67. The number of nitrogens with zero attached hydrogens (tertiary/aromatic N) is 2. The van der Waals surface area contributed by atoms with Crippen LogP contribution in [0.4, 0.5) is 24.5 Å². The first kappa shape index (κ1) is 17.5. The lowest BCUT2D eigenvalue weighted by Crippen LogP contribution is -2.06. The summed E-state index contributed by atoms with van der Waals surface area (Å²) in [7, 11) is 0. The van der Waals surface area contributed by atoms with Crippen molar-refractivity contribution in [1.29, 1.82) is 0 Å². The zero-order chi connectivity index (χ0) is 18.9. The number of benzene rings is 2. The molecule has 1 N–H and O–H groups in total. The number of anilines is 1. The molecule has 136 valence electrons. The Morgan fingerprint density at radius 1 is 1.23 bits per heavy atom. The number of nitrogens with one attached hydrogen (secondary N) is 1. The van der Waals surface area contributed by atoms with Gasteiger partial charge in [-0.1, -0.05) is 0 Å². The van der Waals surface area contributed by atoms with Gasteiger partial charge in [0, 0.05) is 11.6 Å². The van der Waals surface area contributed by atoms with Gasteiger partial charge in [0.2, 0.25) is 6.79 Å². The summed E-state index contributed by atoms with van der Waals surface area (Å²) in [6.07, 6.45) is -3.28. The smallest absolute Gasteiger partial charge is 0.416 e. The minimum absolute atomic E-state index is 0.116. The van der Waals surface area contributed by atoms with Gasteiger partial charge in [0.15, 0.2) is 11.5 Å². The van der Waals surface area contributed by atoms with E-state index in [1.807, 2.05) is 6.92 Å². The molecule has 0 radical (unpaired) electrons. The second-order valence-corrected chi connectivity index (χ2v) is 5.42. The second-order valence-electron chi connectivity index (χ2n) is 5.42. The standard InChI is InChI=1S/C16H12F3N3O4/c1-9-4-14-15(26-8-25-14)5-10(9)7-20-21-12-3-2-11(16(17,18)19)6-13(12)22(23)24/h2-7,21H,8H2,1H3/b20-7-. The van der Waals surface area contributed by atoms with Crippen LogP contribution in [-0.2, 0) is 6.18 Å². The van der Waals surface area contributed by atoms with Crippen LogP contribution in [0.5, 0.6) is 11.5 Å². The van der Waals surface area contributed by atoms with Crippen LogP contribution in [0, 0.1) is 17.0 Å². The number of alkyl halides is 3. The zero-order valence-corrected chi connectivity index (χ0v) is 13.3. The Labute approximate surface area is 145 Å². The first-order valence-corrected chi connectivity index (χ1v) is 7.30. The molecule has 26 heavy (non-hydrogen) atoms. The molecule has 0 amide bonds. The van der Waals surface area contributed by atoms with Gasteiger partial charge in [0.25, 0.3) is 5.69 Å². The van der Waals surface area contributed by atoms with E-state index in [2.05, 4.69) is 10.5 Å². The molecule has 0 saturated heterocycles. The molecule has 0 fully saturated rings. The number of hydrazone groups is 1. The summed E-state index contributed by atoms with van der Waals surface area (Å²) < 4.78 is 48.6. The summed E-state index contributed by atoms with van der Waals surface area (Å²) in [5.74, 6) is 1.14. The topological polar surface area (TPSA) is 86.0 Å². The highest BCUT2D eigenvalue weighted by Crippen LogP contribution is 2.35. The van der Waals surface area contributed by atoms with Gasteiger partial charge in [-0.15, -0.1) is 0 Å². The Bertz CT molecular complexity index is 897. The van der Waals surface area contributed by atoms with E-state index in [1.54, 1.807) is 12.1 Å². The Hall–Kier alpha value is -3.30. The first-order chi connectivity index (χ1) is 12.3. The van der Waals surface area contributed by atoms with E-state index in [-0.39, 0.29) is 12.5 Å². The van der Waals surface area contributed by atoms with Crippen molar-refractivity contribution in [2.45, 2.75) is 13.1 Å². The predicted octanol–water partition coefficient (Wildman–Crippen LogP) is 4.10. The van der Waals surface area contributed by atoms with Crippen molar-refractivity contribution in [3.63, 3.8) is 0 Å². The van der Waals surface area contributed by atoms with Gasteiger partial charge in [-0.2, -0.15) is 18.3 Å². The predicted molar refractivity (Wildman–Crippen MR) is 86.6 cm³/mol. The van der Waals surface area contributed by atoms with Gasteiger partial charge in [-0.3, -0.25) is 15.5 Å². The number of halogens is 3. The van der Waals surface area contributed by atoms with Crippen LogP contribution in [0.3, 0.4) is 0 Å². The van der Waals surface area contributed by atoms with E-state index in [4.69, 9.17) is 9.47 Å². The summed E-state index contributed by atoms with van der Waals surface area (Å²) in [6.45, 7) is 1.93. The average molecular weight is 367 g/mol. The number of hydrogen-bond acceptors (Lipinski definition) is 6. The summed E-state index contributed by atoms with van der Waals surface area (Å²) in [5.41, 5.74) is 1.91. The van der Waals surface area contributed by atoms with Crippen LogP contribution in [0.1, 0.15) is 16.7 Å². The molecule has 0 aromatic heterocycles. The third-order valence-electron chi connectivity index (χ3n) is 3.67. The molecule has 2 aromatic rings. The Morgan fingerprint density at radius 3 is 2.58 bits per heavy atom. The fourth-order valence-electron chi connectivity index (χ4n) is 2.32. The lowest BCUT2D eigenvalue weighted by atomic mass is 10.1. The van der Waals surface area contributed by atoms with Crippen LogP contribution in [-0.4, -0.2) is 17.9 Å². The molecule has 0 unspecified atom stereocenters. The summed E-state index contributed by atoms with van der Waals surface area (Å²) in [6, 6.07) is 5.61. The lowest BCUT2D eigenvalue weighted by Gasteiger charge is -2.08. The van der Waals surface area contributed by atoms with E-state index < -0.39 is 22.4 Å². The van der Waals surface area contributed by atoms with Crippen molar-refractivity contribution in [3.05, 3.63) is 57.1 Å². The van der Waals surface area contributed by atoms with Gasteiger partial charge >= 0.3 is 6.18 Å². The van der Waals surface area contributed by atoms with Crippen molar-refractivity contribution >= 4 is 17.6 Å². The summed E-state index contributed by atoms with van der Waals surface area (Å²) in [4.78, 5) is 10.1. The molecule has 10 heteroatoms. The zero-order valence-electron chi connectivity index (χ0n) is 13.3. The number of ether oxygens (including phenoxy) is 2. The van der Waals surface area contributed by atoms with E-state index in [9.17, 15) is 23.3 Å². The first-order valence-electron chi connectivity index (χ1n) is 7.30. The molecule has 0 aliphatic carbocycles. The second kappa shape index (κ2) is 6.54. The van der Waals surface area contributed by atoms with Crippen molar-refractivity contribution in [3.8, 4) is 11.5 Å². The SMILES string of the molecule is Cc1cc2c(cc1/C=N\Nc1ccc(C(F)(F)F)cc1[N+](=O)[O-])OCO2. The van der Waals surface area contributed by atoms with Gasteiger partial charge in [0.1, 0.15) is 5.69 Å². The van der Waals surface area contributed by atoms with Crippen molar-refractivity contribution in [1.82, 2.24) is 0 Å². The van der Waals surface area contributed by atoms with Crippen LogP contribution in [0.2, 0.25) is 0 Å². The quantitative estimate of drug-likeness (QED) is 0.500. The molecular formula is C16H12F3N3O4. The molecule has 0 atom stereocenters. The van der Waals surface area contributed by atoms with E-state index in [0.717, 1.165) is 17.7 Å². The van der Waals surface area contributed by atoms with Crippen molar-refractivity contribution in [2.24, 2.45) is 5.10 Å². The maximum atomic E-state index is 12.7. The number of rotatable bonds is 4. The summed E-state index contributed by atoms with van der Waals surface area (Å²) in [5, 5.41) is 14.9. The number of nitro benzene ring substituents is 1. The molecular weight excluding hydrogens is 355 g/mol. The molecule has 1 aliphatic heterocycles. The molecule has 7 nitrogen and oxygen atoms in total. The molecule has 0 bridgehead atoms. The third-order valence-corrected chi connectivity index (χ3v) is 3.67. The monoisotopic (exact) mass is 367 g/mol. The van der Waals surface area contributed by atoms with Crippen LogP contribution >= 0.6 is 0 Å². The lowest BCUT2D eigenvalue weighted by molar-refractivity contribution is -0.384. The van der Waals surface area contributed by atoms with Gasteiger partial charge < -0.3 is 9.47 Å². The highest BCUT2D eigenvalue weighted by atomic mass is 19.4. The maximum absolute atomic E-state index is 12.7. The highest BCUT2D eigenvalue weighted by Gasteiger charge is 2.33. The average Bonchev–Trinajstić information content (AvgIpc) is 3.01. The molecule has 0 spiro atoms. The maximum Gasteiger partial charge on any atom is 0.416 e. The summed E-state index contributed by atoms with van der Waals surface area (Å²) >= 11 is 0. The molecule has 1 heterocycles. The van der Waals surface area contributed by atoms with Crippen LogP contribution < -0.4 is 14.9 Å². The highest BCUT2D eigenvalue weighted by molar-refractivity contribution is 5.84. The Morgan fingerprint density at radius 2 is 1.92 bits per heavy atom. The van der Waals surface area contributed by atoms with Crippen LogP contribution in [0.15, 0.2) is 35.4 Å². The fraction of sp³-hybridized carbons (Fsp3) is 0.188. The Balaban J connectivity index is 1.83. The van der Waals surface area contributed by atoms with Crippen molar-refractivity contribution in [2.75, 3.05) is 12.2 Å². The van der Waals surface area contributed by atoms with Gasteiger partial charge in [-0.25, -0.2) is 0 Å². The Kier molecular flexibility index (Phi) is 4.41. The molecule has 2 aromatic carbocycles. The number of aryl methyl sites for hydroxylation is 1.